The van der Waals surface area contributed by atoms with Crippen LogP contribution in [0.15, 0.2) is 48.5 Å². The van der Waals surface area contributed by atoms with Crippen LogP contribution in [0, 0.1) is 5.41 Å². The molecule has 0 bridgehead atoms. The summed E-state index contributed by atoms with van der Waals surface area (Å²) in [5.74, 6) is -1.72. The first-order chi connectivity index (χ1) is 16.1. The lowest BCUT2D eigenvalue weighted by Gasteiger charge is -2.29. The average Bonchev–Trinajstić information content (AvgIpc) is 3.11. The molecule has 2 aromatic carbocycles. The minimum Gasteiger partial charge on any atom is -0.480 e. The van der Waals surface area contributed by atoms with Gasteiger partial charge in [-0.25, -0.2) is 9.59 Å². The van der Waals surface area contributed by atoms with E-state index in [2.05, 4.69) is 22.8 Å². The highest BCUT2D eigenvalue weighted by atomic mass is 16.5. The topological polar surface area (TPSA) is 105 Å². The van der Waals surface area contributed by atoms with Crippen molar-refractivity contribution in [2.24, 2.45) is 5.41 Å². The fourth-order valence-corrected chi connectivity index (χ4v) is 4.35. The van der Waals surface area contributed by atoms with Crippen molar-refractivity contribution in [3.05, 3.63) is 59.7 Å². The molecular weight excluding hydrogens is 432 g/mol. The van der Waals surface area contributed by atoms with Crippen LogP contribution >= 0.6 is 0 Å². The number of amides is 2. The van der Waals surface area contributed by atoms with E-state index in [9.17, 15) is 19.5 Å². The van der Waals surface area contributed by atoms with Gasteiger partial charge in [0.05, 0.1) is 0 Å². The van der Waals surface area contributed by atoms with Gasteiger partial charge in [0.15, 0.2) is 0 Å². The lowest BCUT2D eigenvalue weighted by Crippen LogP contribution is -2.55. The van der Waals surface area contributed by atoms with Crippen molar-refractivity contribution in [2.75, 3.05) is 6.61 Å². The van der Waals surface area contributed by atoms with Gasteiger partial charge in [0.2, 0.25) is 5.91 Å². The number of carbonyl (C=O) groups excluding carboxylic acids is 2. The van der Waals surface area contributed by atoms with Crippen molar-refractivity contribution < 1.29 is 24.2 Å². The highest BCUT2D eigenvalue weighted by molar-refractivity contribution is 5.89. The molecule has 34 heavy (non-hydrogen) atoms. The van der Waals surface area contributed by atoms with E-state index in [4.69, 9.17) is 4.74 Å². The molecule has 2 atom stereocenters. The second-order valence-electron chi connectivity index (χ2n) is 9.81. The summed E-state index contributed by atoms with van der Waals surface area (Å²) in [5.41, 5.74) is 3.79. The molecule has 7 nitrogen and oxygen atoms in total. The monoisotopic (exact) mass is 466 g/mol. The van der Waals surface area contributed by atoms with Crippen molar-refractivity contribution in [2.45, 2.75) is 65.0 Å². The number of carboxylic acid groups (broad SMARTS) is 1. The van der Waals surface area contributed by atoms with Gasteiger partial charge in [-0.2, -0.15) is 0 Å². The summed E-state index contributed by atoms with van der Waals surface area (Å²) in [5, 5.41) is 14.8. The second kappa shape index (κ2) is 10.7. The zero-order valence-corrected chi connectivity index (χ0v) is 20.3. The third-order valence-corrected chi connectivity index (χ3v) is 6.20. The third kappa shape index (κ3) is 5.76. The van der Waals surface area contributed by atoms with E-state index in [0.717, 1.165) is 28.7 Å². The fraction of sp³-hybridized carbons (Fsp3) is 0.444. The largest absolute Gasteiger partial charge is 0.480 e. The molecular formula is C27H34N2O5. The molecule has 1 aliphatic carbocycles. The zero-order chi connectivity index (χ0) is 24.9. The number of nitrogens with one attached hydrogen (secondary N) is 2. The number of unbranched alkanes of at least 4 members (excludes halogenated alkanes) is 1. The first kappa shape index (κ1) is 25.3. The maximum Gasteiger partial charge on any atom is 0.407 e. The van der Waals surface area contributed by atoms with Crippen molar-refractivity contribution in [3.63, 3.8) is 0 Å². The Morgan fingerprint density at radius 1 is 0.971 bits per heavy atom. The van der Waals surface area contributed by atoms with Crippen LogP contribution in [0.3, 0.4) is 0 Å². The molecule has 3 N–H and O–H groups in total. The summed E-state index contributed by atoms with van der Waals surface area (Å²) in [4.78, 5) is 37.2. The van der Waals surface area contributed by atoms with Crippen LogP contribution in [0.5, 0.6) is 0 Å². The van der Waals surface area contributed by atoms with E-state index >= 15 is 0 Å². The Bertz CT molecular complexity index is 998. The second-order valence-corrected chi connectivity index (χ2v) is 9.81. The lowest BCUT2D eigenvalue weighted by molar-refractivity contribution is -0.145. The smallest absolute Gasteiger partial charge is 0.407 e. The molecule has 7 heteroatoms. The Morgan fingerprint density at radius 2 is 1.53 bits per heavy atom. The third-order valence-electron chi connectivity index (χ3n) is 6.20. The van der Waals surface area contributed by atoms with Gasteiger partial charge < -0.3 is 20.5 Å². The molecule has 0 saturated heterocycles. The quantitative estimate of drug-likeness (QED) is 0.497. The van der Waals surface area contributed by atoms with Gasteiger partial charge in [0.1, 0.15) is 18.7 Å². The van der Waals surface area contributed by atoms with E-state index in [0.29, 0.717) is 12.8 Å². The molecule has 1 aliphatic rings. The van der Waals surface area contributed by atoms with E-state index in [1.54, 1.807) is 20.8 Å². The molecule has 3 rings (SSSR count). The standard InChI is InChI=1S/C27H34N2O5/c1-5-6-15-22(24(30)29-23(25(31)32)27(2,3)4)28-26(33)34-16-21-19-13-9-7-11-17(19)18-12-8-10-14-20(18)21/h7-14,21-23H,5-6,15-16H2,1-4H3,(H,28,33)(H,29,30)(H,31,32)/t22-,23+/m0/s1. The molecule has 0 aliphatic heterocycles. The van der Waals surface area contributed by atoms with Crippen LogP contribution in [0.2, 0.25) is 0 Å². The first-order valence-corrected chi connectivity index (χ1v) is 11.8. The molecule has 2 amide bonds. The molecule has 0 heterocycles. The van der Waals surface area contributed by atoms with E-state index < -0.39 is 35.5 Å². The SMILES string of the molecule is CCCC[C@H](NC(=O)OCC1c2ccccc2-c2ccccc21)C(=O)N[C@H](C(=O)O)C(C)(C)C. The molecule has 0 radical (unpaired) electrons. The zero-order valence-electron chi connectivity index (χ0n) is 20.3. The van der Waals surface area contributed by atoms with Gasteiger partial charge in [-0.05, 0) is 34.1 Å². The number of rotatable bonds is 9. The number of aliphatic carboxylic acids is 1. The van der Waals surface area contributed by atoms with Crippen molar-refractivity contribution in [1.29, 1.82) is 0 Å². The van der Waals surface area contributed by atoms with Crippen LogP contribution in [0.25, 0.3) is 11.1 Å². The number of carboxylic acids is 1. The Balaban J connectivity index is 1.67. The van der Waals surface area contributed by atoms with E-state index in [-0.39, 0.29) is 12.5 Å². The van der Waals surface area contributed by atoms with Crippen molar-refractivity contribution in [1.82, 2.24) is 10.6 Å². The first-order valence-electron chi connectivity index (χ1n) is 11.8. The number of hydrogen-bond acceptors (Lipinski definition) is 4. The van der Waals surface area contributed by atoms with Gasteiger partial charge >= 0.3 is 12.1 Å². The number of alkyl carbamates (subject to hydrolysis) is 1. The van der Waals surface area contributed by atoms with Crippen LogP contribution in [0.4, 0.5) is 4.79 Å². The summed E-state index contributed by atoms with van der Waals surface area (Å²) < 4.78 is 5.57. The summed E-state index contributed by atoms with van der Waals surface area (Å²) in [6.45, 7) is 7.35. The predicted molar refractivity (Wildman–Crippen MR) is 131 cm³/mol. The normalized spacial score (nSPS) is 14.5. The molecule has 0 fully saturated rings. The Labute approximate surface area is 200 Å². The minimum absolute atomic E-state index is 0.0849. The lowest BCUT2D eigenvalue weighted by atomic mass is 9.86. The number of hydrogen-bond donors (Lipinski definition) is 3. The van der Waals surface area contributed by atoms with Gasteiger partial charge in [-0.1, -0.05) is 89.1 Å². The number of ether oxygens (including phenoxy) is 1. The maximum atomic E-state index is 12.9. The highest BCUT2D eigenvalue weighted by Gasteiger charge is 2.35. The Kier molecular flexibility index (Phi) is 7.97. The summed E-state index contributed by atoms with van der Waals surface area (Å²) >= 11 is 0. The molecule has 182 valence electrons. The van der Waals surface area contributed by atoms with E-state index in [1.165, 1.54) is 0 Å². The van der Waals surface area contributed by atoms with Gasteiger partial charge in [-0.3, -0.25) is 4.79 Å². The van der Waals surface area contributed by atoms with Crippen LogP contribution in [-0.4, -0.2) is 41.8 Å². The molecule has 0 saturated carbocycles. The van der Waals surface area contributed by atoms with E-state index in [1.807, 2.05) is 43.3 Å². The van der Waals surface area contributed by atoms with Gasteiger partial charge in [0.25, 0.3) is 0 Å². The van der Waals surface area contributed by atoms with Crippen molar-refractivity contribution >= 4 is 18.0 Å². The minimum atomic E-state index is -1.11. The number of fused-ring (bicyclic) bond motifs is 3. The predicted octanol–water partition coefficient (Wildman–Crippen LogP) is 4.70. The van der Waals surface area contributed by atoms with Crippen molar-refractivity contribution in [3.8, 4) is 11.1 Å². The number of benzene rings is 2. The van der Waals surface area contributed by atoms with Gasteiger partial charge in [-0.15, -0.1) is 0 Å². The molecule has 0 spiro atoms. The molecule has 0 aromatic heterocycles. The van der Waals surface area contributed by atoms with Crippen LogP contribution in [0.1, 0.15) is 64.0 Å². The summed E-state index contributed by atoms with van der Waals surface area (Å²) in [7, 11) is 0. The maximum absolute atomic E-state index is 12.9. The summed E-state index contributed by atoms with van der Waals surface area (Å²) in [6, 6.07) is 14.2. The number of carbonyl (C=O) groups is 3. The van der Waals surface area contributed by atoms with Gasteiger partial charge in [0, 0.05) is 5.92 Å². The average molecular weight is 467 g/mol. The summed E-state index contributed by atoms with van der Waals surface area (Å²) in [6.07, 6.45) is 1.23. The molecule has 0 unspecified atom stereocenters. The highest BCUT2D eigenvalue weighted by Crippen LogP contribution is 2.44. The Hall–Kier alpha value is -3.35. The van der Waals surface area contributed by atoms with Crippen LogP contribution in [-0.2, 0) is 14.3 Å². The fourth-order valence-electron chi connectivity index (χ4n) is 4.35. The Morgan fingerprint density at radius 3 is 2.03 bits per heavy atom. The van der Waals surface area contributed by atoms with Crippen LogP contribution < -0.4 is 10.6 Å². The molecule has 2 aromatic rings.